The van der Waals surface area contributed by atoms with Gasteiger partial charge in [-0.25, -0.2) is 26.9 Å². The van der Waals surface area contributed by atoms with Crippen molar-refractivity contribution in [3.8, 4) is 12.1 Å². The Morgan fingerprint density at radius 2 is 1.46 bits per heavy atom. The van der Waals surface area contributed by atoms with Gasteiger partial charge in [0, 0.05) is 7.11 Å². The molecule has 2 rings (SSSR count). The van der Waals surface area contributed by atoms with Crippen LogP contribution in [0.25, 0.3) is 0 Å². The highest BCUT2D eigenvalue weighted by molar-refractivity contribution is 8.00. The predicted molar refractivity (Wildman–Crippen MR) is 71.9 cm³/mol. The number of anilines is 1. The van der Waals surface area contributed by atoms with E-state index in [-0.39, 0.29) is 29.3 Å². The van der Waals surface area contributed by atoms with Crippen LogP contribution in [0, 0.1) is 51.7 Å². The van der Waals surface area contributed by atoms with Crippen molar-refractivity contribution in [1.29, 1.82) is 10.5 Å². The molecule has 0 radical (unpaired) electrons. The number of imidazole rings is 1. The van der Waals surface area contributed by atoms with Gasteiger partial charge in [-0.1, -0.05) is 0 Å². The number of aromatic amines is 1. The molecule has 0 fully saturated rings. The maximum absolute atomic E-state index is 13.4. The monoisotopic (exact) mass is 363 g/mol. The van der Waals surface area contributed by atoms with E-state index in [1.165, 1.54) is 0 Å². The molecule has 3 N–H and O–H groups in total. The molecule has 0 aliphatic rings. The first-order chi connectivity index (χ1) is 11.4. The van der Waals surface area contributed by atoms with Crippen molar-refractivity contribution in [1.82, 2.24) is 9.97 Å². The van der Waals surface area contributed by atoms with Gasteiger partial charge >= 0.3 is 0 Å². The number of nitrogens with one attached hydrogen (secondary N) is 2. The molecule has 2 aromatic rings. The van der Waals surface area contributed by atoms with E-state index in [0.29, 0.717) is 0 Å². The first-order valence-electron chi connectivity index (χ1n) is 5.69. The van der Waals surface area contributed by atoms with E-state index in [2.05, 4.69) is 14.7 Å². The number of rotatable bonds is 3. The third kappa shape index (κ3) is 3.56. The maximum Gasteiger partial charge on any atom is 0.212 e. The lowest BCUT2D eigenvalue weighted by Crippen LogP contribution is -2.04. The summed E-state index contributed by atoms with van der Waals surface area (Å²) in [6, 6.07) is 3.19. The number of hydrogen-bond donors (Lipinski definition) is 3. The van der Waals surface area contributed by atoms with Crippen LogP contribution in [0.2, 0.25) is 0 Å². The number of halogens is 5. The molecule has 0 saturated carbocycles. The van der Waals surface area contributed by atoms with Crippen LogP contribution in [0.5, 0.6) is 0 Å². The summed E-state index contributed by atoms with van der Waals surface area (Å²) in [5, 5.41) is 24.3. The lowest BCUT2D eigenvalue weighted by atomic mass is 10.3. The molecule has 12 heteroatoms. The summed E-state index contributed by atoms with van der Waals surface area (Å²) in [5.41, 5.74) is -0.508. The molecule has 0 atom stereocenters. The summed E-state index contributed by atoms with van der Waals surface area (Å²) < 4.78 is 67.8. The SMILES string of the molecule is CO.N#Cc1nc(NSc2c(F)c(F)c(F)c(F)c2F)[nH]c1C#N. The topological polar surface area (TPSA) is 109 Å². The number of aliphatic hydroxyl groups excluding tert-OH is 1. The Kier molecular flexibility index (Phi) is 6.52. The highest BCUT2D eigenvalue weighted by Gasteiger charge is 2.26. The molecule has 0 saturated heterocycles. The fraction of sp³-hybridized carbons (Fsp3) is 0.0833. The molecule has 0 spiro atoms. The first kappa shape index (κ1) is 19.2. The van der Waals surface area contributed by atoms with Crippen molar-refractivity contribution in [2.45, 2.75) is 4.90 Å². The normalized spacial score (nSPS) is 9.54. The van der Waals surface area contributed by atoms with Gasteiger partial charge in [0.2, 0.25) is 11.8 Å². The lowest BCUT2D eigenvalue weighted by Gasteiger charge is -2.07. The molecule has 6 nitrogen and oxygen atoms in total. The predicted octanol–water partition coefficient (Wildman–Crippen LogP) is 2.58. The van der Waals surface area contributed by atoms with E-state index < -0.39 is 34.0 Å². The molecular formula is C12H6F5N5OS. The fourth-order valence-electron chi connectivity index (χ4n) is 1.36. The van der Waals surface area contributed by atoms with Crippen LogP contribution >= 0.6 is 11.9 Å². The molecule has 1 aromatic carbocycles. The number of nitriles is 2. The zero-order valence-corrected chi connectivity index (χ0v) is 12.4. The lowest BCUT2D eigenvalue weighted by molar-refractivity contribution is 0.361. The number of benzene rings is 1. The minimum atomic E-state index is -2.27. The largest absolute Gasteiger partial charge is 0.400 e. The highest BCUT2D eigenvalue weighted by Crippen LogP contribution is 2.31. The number of H-pyrrole nitrogens is 1. The summed E-state index contributed by atoms with van der Waals surface area (Å²) in [7, 11) is 1.00. The van der Waals surface area contributed by atoms with E-state index in [1.807, 2.05) is 0 Å². The van der Waals surface area contributed by atoms with Crippen molar-refractivity contribution in [3.05, 3.63) is 40.5 Å². The second-order valence-corrected chi connectivity index (χ2v) is 4.45. The molecule has 0 amide bonds. The molecule has 0 aliphatic carbocycles. The van der Waals surface area contributed by atoms with E-state index in [0.717, 1.165) is 7.11 Å². The zero-order chi connectivity index (χ0) is 18.4. The average molecular weight is 363 g/mol. The van der Waals surface area contributed by atoms with Crippen LogP contribution in [0.15, 0.2) is 4.90 Å². The van der Waals surface area contributed by atoms with Gasteiger partial charge in [0.1, 0.15) is 17.0 Å². The van der Waals surface area contributed by atoms with Crippen molar-refractivity contribution < 1.29 is 27.1 Å². The number of aliphatic hydroxyl groups is 1. The van der Waals surface area contributed by atoms with Crippen LogP contribution in [-0.2, 0) is 0 Å². The van der Waals surface area contributed by atoms with Gasteiger partial charge in [-0.15, -0.1) is 0 Å². The van der Waals surface area contributed by atoms with Crippen LogP contribution in [0.4, 0.5) is 27.9 Å². The van der Waals surface area contributed by atoms with Crippen LogP contribution in [0.3, 0.4) is 0 Å². The molecule has 0 unspecified atom stereocenters. The Hall–Kier alpha value is -2.83. The van der Waals surface area contributed by atoms with Gasteiger partial charge in [0.05, 0.1) is 0 Å². The highest BCUT2D eigenvalue weighted by atomic mass is 32.2. The molecular weight excluding hydrogens is 357 g/mol. The van der Waals surface area contributed by atoms with Gasteiger partial charge in [0.15, 0.2) is 34.7 Å². The summed E-state index contributed by atoms with van der Waals surface area (Å²) in [4.78, 5) is 4.68. The first-order valence-corrected chi connectivity index (χ1v) is 6.51. The molecule has 126 valence electrons. The number of nitrogens with zero attached hydrogens (tertiary/aromatic N) is 3. The van der Waals surface area contributed by atoms with Gasteiger partial charge in [-0.2, -0.15) is 10.5 Å². The Balaban J connectivity index is 0.00000139. The molecule has 24 heavy (non-hydrogen) atoms. The number of aromatic nitrogens is 2. The third-order valence-corrected chi connectivity index (χ3v) is 3.20. The van der Waals surface area contributed by atoms with Crippen molar-refractivity contribution in [2.24, 2.45) is 0 Å². The van der Waals surface area contributed by atoms with Crippen molar-refractivity contribution in [2.75, 3.05) is 11.8 Å². The van der Waals surface area contributed by atoms with E-state index in [1.54, 1.807) is 12.1 Å². The maximum atomic E-state index is 13.4. The fourth-order valence-corrected chi connectivity index (χ4v) is 2.01. The van der Waals surface area contributed by atoms with Gasteiger partial charge < -0.3 is 10.1 Å². The summed E-state index contributed by atoms with van der Waals surface area (Å²) in [6.07, 6.45) is 0. The zero-order valence-electron chi connectivity index (χ0n) is 11.6. The third-order valence-electron chi connectivity index (χ3n) is 2.34. The standard InChI is InChI=1S/C11H2F5N5S.CH4O/c12-5-6(13)8(15)10(9(16)7(5)14)22-21-11-19-3(1-17)4(2-18)20-11;1-2/h(H2,19,20,21);2H,1H3. The molecule has 0 bridgehead atoms. The smallest absolute Gasteiger partial charge is 0.212 e. The Labute approximate surface area is 135 Å². The van der Waals surface area contributed by atoms with Crippen molar-refractivity contribution in [3.63, 3.8) is 0 Å². The van der Waals surface area contributed by atoms with Crippen LogP contribution < -0.4 is 4.72 Å². The van der Waals surface area contributed by atoms with E-state index in [9.17, 15) is 22.0 Å². The van der Waals surface area contributed by atoms with Crippen LogP contribution in [-0.4, -0.2) is 22.2 Å². The van der Waals surface area contributed by atoms with E-state index >= 15 is 0 Å². The Bertz CT molecular complexity index is 781. The van der Waals surface area contributed by atoms with Crippen LogP contribution in [0.1, 0.15) is 11.4 Å². The molecule has 1 heterocycles. The molecule has 1 aromatic heterocycles. The minimum Gasteiger partial charge on any atom is -0.400 e. The Morgan fingerprint density at radius 1 is 0.958 bits per heavy atom. The summed E-state index contributed by atoms with van der Waals surface area (Å²) in [5.74, 6) is -10.7. The van der Waals surface area contributed by atoms with Gasteiger partial charge in [0.25, 0.3) is 0 Å². The second-order valence-electron chi connectivity index (χ2n) is 3.64. The summed E-state index contributed by atoms with van der Waals surface area (Å²) in [6.45, 7) is 0. The van der Waals surface area contributed by atoms with Gasteiger partial charge in [-0.3, -0.25) is 4.72 Å². The molecule has 0 aliphatic heterocycles. The Morgan fingerprint density at radius 3 is 1.88 bits per heavy atom. The second kappa shape index (κ2) is 8.14. The average Bonchev–Trinajstić information content (AvgIpc) is 3.02. The van der Waals surface area contributed by atoms with Gasteiger partial charge in [-0.05, 0) is 11.9 Å². The quantitative estimate of drug-likeness (QED) is 0.335. The van der Waals surface area contributed by atoms with E-state index in [4.69, 9.17) is 15.6 Å². The number of hydrogen-bond acceptors (Lipinski definition) is 6. The van der Waals surface area contributed by atoms with Crippen molar-refractivity contribution >= 4 is 17.9 Å². The minimum absolute atomic E-state index is 0.0476. The summed E-state index contributed by atoms with van der Waals surface area (Å²) >= 11 is 0.0476.